The first-order valence-electron chi connectivity index (χ1n) is 4.29. The highest BCUT2D eigenvalue weighted by atomic mass is 79.9. The molecule has 0 N–H and O–H groups in total. The predicted octanol–water partition coefficient (Wildman–Crippen LogP) is 2.77. The number of hydrogen-bond donors (Lipinski definition) is 0. The molecule has 68 valence electrons. The highest BCUT2D eigenvalue weighted by Gasteiger charge is 2.12. The summed E-state index contributed by atoms with van der Waals surface area (Å²) >= 11 is 3.07. The Kier molecular flexibility index (Phi) is 4.36. The third-order valence-corrected chi connectivity index (χ3v) is 2.41. The maximum absolute atomic E-state index is 10.2. The summed E-state index contributed by atoms with van der Waals surface area (Å²) in [5, 5.41) is 0. The van der Waals surface area contributed by atoms with E-state index >= 15 is 0 Å². The quantitative estimate of drug-likeness (QED) is 0.425. The minimum Gasteiger partial charge on any atom is -0.497 e. The van der Waals surface area contributed by atoms with Gasteiger partial charge in [-0.25, -0.2) is 0 Å². The van der Waals surface area contributed by atoms with Gasteiger partial charge in [0.05, 0.1) is 10.6 Å². The van der Waals surface area contributed by atoms with Crippen molar-refractivity contribution < 1.29 is 9.53 Å². The molecule has 3 heteroatoms. The molecule has 0 aromatic carbocycles. The third kappa shape index (κ3) is 3.39. The fourth-order valence-electron chi connectivity index (χ4n) is 1.39. The molecule has 1 fully saturated rings. The van der Waals surface area contributed by atoms with Crippen LogP contribution in [0.2, 0.25) is 0 Å². The average molecular weight is 233 g/mol. The maximum atomic E-state index is 10.2. The van der Waals surface area contributed by atoms with E-state index in [1.165, 1.54) is 25.5 Å². The molecule has 0 unspecified atom stereocenters. The summed E-state index contributed by atoms with van der Waals surface area (Å²) in [5.74, 6) is 0. The van der Waals surface area contributed by atoms with Gasteiger partial charge < -0.3 is 4.74 Å². The van der Waals surface area contributed by atoms with Crippen molar-refractivity contribution in [3.63, 3.8) is 0 Å². The Morgan fingerprint density at radius 2 is 2.00 bits per heavy atom. The molecule has 2 nitrogen and oxygen atoms in total. The predicted molar refractivity (Wildman–Crippen MR) is 51.0 cm³/mol. The van der Waals surface area contributed by atoms with Gasteiger partial charge in [0.25, 0.3) is 0 Å². The van der Waals surface area contributed by atoms with E-state index < -0.39 is 0 Å². The zero-order chi connectivity index (χ0) is 8.81. The normalized spacial score (nSPS) is 20.6. The monoisotopic (exact) mass is 232 g/mol. The van der Waals surface area contributed by atoms with Gasteiger partial charge in [-0.1, -0.05) is 6.42 Å². The van der Waals surface area contributed by atoms with Crippen molar-refractivity contribution >= 4 is 22.2 Å². The molecule has 0 aliphatic heterocycles. The van der Waals surface area contributed by atoms with Crippen LogP contribution in [-0.4, -0.2) is 12.4 Å². The van der Waals surface area contributed by atoms with Gasteiger partial charge in [-0.3, -0.25) is 4.79 Å². The summed E-state index contributed by atoms with van der Waals surface area (Å²) < 4.78 is 5.88. The summed E-state index contributed by atoms with van der Waals surface area (Å²) in [6.07, 6.45) is 8.62. The lowest BCUT2D eigenvalue weighted by Gasteiger charge is -2.20. The summed E-state index contributed by atoms with van der Waals surface area (Å²) in [7, 11) is 0. The van der Waals surface area contributed by atoms with Gasteiger partial charge in [-0.05, 0) is 41.6 Å². The van der Waals surface area contributed by atoms with E-state index in [0.29, 0.717) is 10.6 Å². The zero-order valence-electron chi connectivity index (χ0n) is 6.96. The first-order chi connectivity index (χ1) is 5.83. The number of allylic oxidation sites excluding steroid dienone is 1. The maximum Gasteiger partial charge on any atom is 0.160 e. The second-order valence-corrected chi connectivity index (χ2v) is 3.93. The molecule has 0 amide bonds. The first kappa shape index (κ1) is 9.78. The van der Waals surface area contributed by atoms with E-state index in [4.69, 9.17) is 4.74 Å². The summed E-state index contributed by atoms with van der Waals surface area (Å²) in [4.78, 5) is 10.2. The Hall–Kier alpha value is -0.310. The minimum atomic E-state index is 0.325. The van der Waals surface area contributed by atoms with Gasteiger partial charge >= 0.3 is 0 Å². The fourth-order valence-corrected chi connectivity index (χ4v) is 1.50. The van der Waals surface area contributed by atoms with Crippen molar-refractivity contribution in [2.24, 2.45) is 0 Å². The molecule has 0 bridgehead atoms. The second kappa shape index (κ2) is 5.36. The zero-order valence-corrected chi connectivity index (χ0v) is 8.55. The molecule has 0 saturated heterocycles. The lowest BCUT2D eigenvalue weighted by atomic mass is 9.98. The van der Waals surface area contributed by atoms with E-state index in [0.717, 1.165) is 19.1 Å². The Labute approximate surface area is 81.1 Å². The lowest BCUT2D eigenvalue weighted by Crippen LogP contribution is -2.13. The number of hydrogen-bond acceptors (Lipinski definition) is 2. The van der Waals surface area contributed by atoms with E-state index in [1.54, 1.807) is 0 Å². The fraction of sp³-hybridized carbons (Fsp3) is 0.667. The average Bonchev–Trinajstić information content (AvgIpc) is 2.16. The standard InChI is InChI=1S/C9H13BrO2/c10-8(6-11)7-12-9-4-2-1-3-5-9/h6-7,9H,1-5H2. The van der Waals surface area contributed by atoms with Crippen LogP contribution in [0.4, 0.5) is 0 Å². The van der Waals surface area contributed by atoms with Crippen molar-refractivity contribution in [2.75, 3.05) is 0 Å². The van der Waals surface area contributed by atoms with Crippen molar-refractivity contribution in [2.45, 2.75) is 38.2 Å². The largest absolute Gasteiger partial charge is 0.497 e. The van der Waals surface area contributed by atoms with Gasteiger partial charge in [0, 0.05) is 0 Å². The van der Waals surface area contributed by atoms with Crippen LogP contribution in [-0.2, 0) is 9.53 Å². The van der Waals surface area contributed by atoms with Crippen molar-refractivity contribution in [3.8, 4) is 0 Å². The summed E-state index contributed by atoms with van der Waals surface area (Å²) in [6.45, 7) is 0. The topological polar surface area (TPSA) is 26.3 Å². The highest BCUT2D eigenvalue weighted by molar-refractivity contribution is 9.12. The van der Waals surface area contributed by atoms with Crippen LogP contribution in [0.25, 0.3) is 0 Å². The number of halogens is 1. The number of rotatable bonds is 3. The molecule has 0 atom stereocenters. The molecular formula is C9H13BrO2. The Balaban J connectivity index is 2.25. The summed E-state index contributed by atoms with van der Waals surface area (Å²) in [6, 6.07) is 0. The van der Waals surface area contributed by atoms with Crippen LogP contribution in [0.15, 0.2) is 10.7 Å². The van der Waals surface area contributed by atoms with E-state index in [-0.39, 0.29) is 0 Å². The molecule has 12 heavy (non-hydrogen) atoms. The molecule has 0 spiro atoms. The van der Waals surface area contributed by atoms with Gasteiger partial charge in [0.15, 0.2) is 6.29 Å². The first-order valence-corrected chi connectivity index (χ1v) is 5.08. The van der Waals surface area contributed by atoms with Crippen LogP contribution in [0.3, 0.4) is 0 Å². The van der Waals surface area contributed by atoms with Crippen molar-refractivity contribution in [3.05, 3.63) is 10.7 Å². The minimum absolute atomic E-state index is 0.325. The molecule has 1 rings (SSSR count). The van der Waals surface area contributed by atoms with Crippen LogP contribution < -0.4 is 0 Å². The molecule has 0 aromatic heterocycles. The van der Waals surface area contributed by atoms with E-state index in [1.807, 2.05) is 0 Å². The Morgan fingerprint density at radius 1 is 1.33 bits per heavy atom. The SMILES string of the molecule is O=CC(Br)=COC1CCCCC1. The summed E-state index contributed by atoms with van der Waals surface area (Å²) in [5.41, 5.74) is 0. The van der Waals surface area contributed by atoms with Gasteiger partial charge in [0.1, 0.15) is 6.26 Å². The number of carbonyl (C=O) groups excluding carboxylic acids is 1. The van der Waals surface area contributed by atoms with Crippen molar-refractivity contribution in [1.82, 2.24) is 0 Å². The molecular weight excluding hydrogens is 220 g/mol. The number of aldehydes is 1. The van der Waals surface area contributed by atoms with Crippen LogP contribution in [0.1, 0.15) is 32.1 Å². The molecule has 0 heterocycles. The second-order valence-electron chi connectivity index (χ2n) is 3.02. The van der Waals surface area contributed by atoms with Gasteiger partial charge in [-0.2, -0.15) is 0 Å². The molecule has 1 saturated carbocycles. The smallest absolute Gasteiger partial charge is 0.160 e. The number of ether oxygens (including phenoxy) is 1. The van der Waals surface area contributed by atoms with Crippen LogP contribution in [0, 0.1) is 0 Å². The molecule has 1 aliphatic carbocycles. The Morgan fingerprint density at radius 3 is 2.58 bits per heavy atom. The number of carbonyl (C=O) groups is 1. The molecule has 0 aromatic rings. The van der Waals surface area contributed by atoms with Gasteiger partial charge in [-0.15, -0.1) is 0 Å². The Bertz CT molecular complexity index is 171. The van der Waals surface area contributed by atoms with Gasteiger partial charge in [0.2, 0.25) is 0 Å². The van der Waals surface area contributed by atoms with E-state index in [9.17, 15) is 4.79 Å². The van der Waals surface area contributed by atoms with E-state index in [2.05, 4.69) is 15.9 Å². The van der Waals surface area contributed by atoms with Crippen LogP contribution >= 0.6 is 15.9 Å². The highest BCUT2D eigenvalue weighted by Crippen LogP contribution is 2.20. The molecule has 0 radical (unpaired) electrons. The van der Waals surface area contributed by atoms with Crippen molar-refractivity contribution in [1.29, 1.82) is 0 Å². The van der Waals surface area contributed by atoms with Crippen LogP contribution in [0.5, 0.6) is 0 Å². The lowest BCUT2D eigenvalue weighted by molar-refractivity contribution is -0.104. The third-order valence-electron chi connectivity index (χ3n) is 2.04. The molecule has 1 aliphatic rings.